The highest BCUT2D eigenvalue weighted by Crippen LogP contribution is 2.48. The van der Waals surface area contributed by atoms with Crippen LogP contribution in [0.4, 0.5) is 13.6 Å². The summed E-state index contributed by atoms with van der Waals surface area (Å²) in [7, 11) is 0. The summed E-state index contributed by atoms with van der Waals surface area (Å²) in [5, 5.41) is 15.0. The number of aliphatic hydroxyl groups is 1. The molecule has 0 aromatic heterocycles. The van der Waals surface area contributed by atoms with Gasteiger partial charge in [-0.15, -0.1) is 0 Å². The fourth-order valence-corrected chi connectivity index (χ4v) is 2.67. The maximum Gasteiger partial charge on any atom is 0.314 e. The quantitative estimate of drug-likeness (QED) is 0.725. The normalized spacial score (nSPS) is 16.9. The van der Waals surface area contributed by atoms with E-state index in [1.165, 1.54) is 6.07 Å². The monoisotopic (exact) mass is 312 g/mol. The van der Waals surface area contributed by atoms with Gasteiger partial charge < -0.3 is 15.7 Å². The lowest BCUT2D eigenvalue weighted by Gasteiger charge is -2.17. The lowest BCUT2D eigenvalue weighted by Crippen LogP contribution is -2.40. The zero-order chi connectivity index (χ0) is 16.2. The number of hydrogen-bond acceptors (Lipinski definition) is 2. The second-order valence-corrected chi connectivity index (χ2v) is 5.96. The van der Waals surface area contributed by atoms with Crippen molar-refractivity contribution >= 4 is 6.03 Å². The van der Waals surface area contributed by atoms with Crippen LogP contribution in [0.1, 0.15) is 44.3 Å². The van der Waals surface area contributed by atoms with Gasteiger partial charge in [0.1, 0.15) is 17.7 Å². The minimum atomic E-state index is -1.42. The number of halogens is 2. The predicted octanol–water partition coefficient (Wildman–Crippen LogP) is 2.88. The van der Waals surface area contributed by atoms with Crippen molar-refractivity contribution in [2.45, 2.75) is 38.7 Å². The molecule has 1 aliphatic carbocycles. The number of carbonyl (C=O) groups excluding carboxylic acids is 1. The minimum Gasteiger partial charge on any atom is -0.386 e. The van der Waals surface area contributed by atoms with Crippen LogP contribution in [0.2, 0.25) is 0 Å². The lowest BCUT2D eigenvalue weighted by molar-refractivity contribution is 0.164. The van der Waals surface area contributed by atoms with Gasteiger partial charge in [-0.1, -0.05) is 19.4 Å². The van der Waals surface area contributed by atoms with Crippen molar-refractivity contribution in [2.24, 2.45) is 5.41 Å². The first-order valence-corrected chi connectivity index (χ1v) is 7.61. The van der Waals surface area contributed by atoms with Crippen molar-refractivity contribution in [2.75, 3.05) is 13.1 Å². The Bertz CT molecular complexity index is 513. The molecule has 1 aliphatic rings. The van der Waals surface area contributed by atoms with E-state index in [9.17, 15) is 18.7 Å². The number of carbonyl (C=O) groups is 1. The molecule has 2 rings (SSSR count). The molecule has 1 aromatic rings. The molecule has 2 amide bonds. The molecule has 1 saturated carbocycles. The van der Waals surface area contributed by atoms with E-state index < -0.39 is 29.3 Å². The van der Waals surface area contributed by atoms with E-state index in [0.29, 0.717) is 6.54 Å². The Kier molecular flexibility index (Phi) is 5.34. The summed E-state index contributed by atoms with van der Waals surface area (Å²) in [5.74, 6) is -1.65. The maximum absolute atomic E-state index is 13.5. The van der Waals surface area contributed by atoms with Gasteiger partial charge in [-0.25, -0.2) is 13.6 Å². The first kappa shape index (κ1) is 16.7. The van der Waals surface area contributed by atoms with Gasteiger partial charge in [0.15, 0.2) is 0 Å². The van der Waals surface area contributed by atoms with Gasteiger partial charge in [0.2, 0.25) is 0 Å². The van der Waals surface area contributed by atoms with Crippen molar-refractivity contribution in [1.29, 1.82) is 0 Å². The molecule has 1 atom stereocenters. The first-order valence-electron chi connectivity index (χ1n) is 7.61. The third-order valence-electron chi connectivity index (χ3n) is 4.15. The van der Waals surface area contributed by atoms with Gasteiger partial charge in [0.05, 0.1) is 5.56 Å². The number of rotatable bonds is 7. The SMILES string of the molecule is CCCC1(CNC(=O)NCC(O)c2c(F)cccc2F)CC1. The molecular formula is C16H22F2N2O2. The molecule has 0 aliphatic heterocycles. The van der Waals surface area contributed by atoms with Gasteiger partial charge in [-0.05, 0) is 36.8 Å². The molecule has 4 nitrogen and oxygen atoms in total. The summed E-state index contributed by atoms with van der Waals surface area (Å²) in [6, 6.07) is 2.94. The van der Waals surface area contributed by atoms with Gasteiger partial charge in [-0.2, -0.15) is 0 Å². The molecule has 0 radical (unpaired) electrons. The Morgan fingerprint density at radius 3 is 2.50 bits per heavy atom. The Labute approximate surface area is 128 Å². The highest BCUT2D eigenvalue weighted by Gasteiger charge is 2.41. The number of amides is 2. The van der Waals surface area contributed by atoms with Gasteiger partial charge in [0.25, 0.3) is 0 Å². The average Bonchev–Trinajstić information content (AvgIpc) is 3.23. The van der Waals surface area contributed by atoms with Crippen LogP contribution in [0, 0.1) is 17.0 Å². The molecule has 122 valence electrons. The van der Waals surface area contributed by atoms with Crippen LogP contribution in [0.25, 0.3) is 0 Å². The van der Waals surface area contributed by atoms with Crippen LogP contribution in [0.15, 0.2) is 18.2 Å². The maximum atomic E-state index is 13.5. The van der Waals surface area contributed by atoms with E-state index >= 15 is 0 Å². The molecule has 0 bridgehead atoms. The van der Waals surface area contributed by atoms with E-state index in [-0.39, 0.29) is 12.0 Å². The molecule has 22 heavy (non-hydrogen) atoms. The summed E-state index contributed by atoms with van der Waals surface area (Å²) in [6.45, 7) is 2.46. The van der Waals surface area contributed by atoms with E-state index in [1.54, 1.807) is 0 Å². The average molecular weight is 312 g/mol. The van der Waals surface area contributed by atoms with Crippen molar-refractivity contribution in [3.63, 3.8) is 0 Å². The Balaban J connectivity index is 1.79. The van der Waals surface area contributed by atoms with Crippen molar-refractivity contribution in [3.05, 3.63) is 35.4 Å². The summed E-state index contributed by atoms with van der Waals surface area (Å²) < 4.78 is 27.0. The molecule has 0 saturated heterocycles. The lowest BCUT2D eigenvalue weighted by atomic mass is 10.0. The van der Waals surface area contributed by atoms with Gasteiger partial charge in [0, 0.05) is 13.1 Å². The molecule has 0 heterocycles. The second-order valence-electron chi connectivity index (χ2n) is 5.96. The van der Waals surface area contributed by atoms with E-state index in [4.69, 9.17) is 0 Å². The topological polar surface area (TPSA) is 61.4 Å². The summed E-state index contributed by atoms with van der Waals surface area (Å²) in [6.07, 6.45) is 2.97. The fraction of sp³-hybridized carbons (Fsp3) is 0.562. The molecular weight excluding hydrogens is 290 g/mol. The zero-order valence-electron chi connectivity index (χ0n) is 12.7. The first-order chi connectivity index (χ1) is 10.5. The van der Waals surface area contributed by atoms with E-state index in [2.05, 4.69) is 17.6 Å². The highest BCUT2D eigenvalue weighted by atomic mass is 19.1. The van der Waals surface area contributed by atoms with Crippen LogP contribution in [0.3, 0.4) is 0 Å². The van der Waals surface area contributed by atoms with Crippen molar-refractivity contribution < 1.29 is 18.7 Å². The standard InChI is InChI=1S/C16H22F2N2O2/c1-2-6-16(7-8-16)10-20-15(22)19-9-13(21)14-11(17)4-3-5-12(14)18/h3-5,13,21H,2,6-10H2,1H3,(H2,19,20,22). The summed E-state index contributed by atoms with van der Waals surface area (Å²) in [5.41, 5.74) is -0.199. The summed E-state index contributed by atoms with van der Waals surface area (Å²) >= 11 is 0. The third kappa shape index (κ3) is 4.16. The second kappa shape index (κ2) is 7.05. The Morgan fingerprint density at radius 2 is 1.95 bits per heavy atom. The molecule has 1 aromatic carbocycles. The molecule has 1 unspecified atom stereocenters. The largest absolute Gasteiger partial charge is 0.386 e. The number of hydrogen-bond donors (Lipinski definition) is 3. The zero-order valence-corrected chi connectivity index (χ0v) is 12.7. The van der Waals surface area contributed by atoms with E-state index in [1.807, 2.05) is 0 Å². The van der Waals surface area contributed by atoms with Crippen molar-refractivity contribution in [1.82, 2.24) is 10.6 Å². The number of urea groups is 1. The highest BCUT2D eigenvalue weighted by molar-refractivity contribution is 5.73. The summed E-state index contributed by atoms with van der Waals surface area (Å²) in [4.78, 5) is 11.7. The Hall–Kier alpha value is -1.69. The smallest absolute Gasteiger partial charge is 0.314 e. The minimum absolute atomic E-state index is 0.225. The molecule has 0 spiro atoms. The Morgan fingerprint density at radius 1 is 1.32 bits per heavy atom. The van der Waals surface area contributed by atoms with Crippen LogP contribution >= 0.6 is 0 Å². The number of nitrogens with one attached hydrogen (secondary N) is 2. The number of aliphatic hydroxyl groups excluding tert-OH is 1. The fourth-order valence-electron chi connectivity index (χ4n) is 2.67. The van der Waals surface area contributed by atoms with Gasteiger partial charge >= 0.3 is 6.03 Å². The van der Waals surface area contributed by atoms with Crippen LogP contribution < -0.4 is 10.6 Å². The molecule has 6 heteroatoms. The van der Waals surface area contributed by atoms with Gasteiger partial charge in [-0.3, -0.25) is 0 Å². The third-order valence-corrected chi connectivity index (χ3v) is 4.15. The predicted molar refractivity (Wildman–Crippen MR) is 79.3 cm³/mol. The van der Waals surface area contributed by atoms with Crippen LogP contribution in [-0.2, 0) is 0 Å². The molecule has 3 N–H and O–H groups in total. The van der Waals surface area contributed by atoms with Crippen LogP contribution in [-0.4, -0.2) is 24.2 Å². The van der Waals surface area contributed by atoms with E-state index in [0.717, 1.165) is 37.8 Å². The number of benzene rings is 1. The van der Waals surface area contributed by atoms with Crippen molar-refractivity contribution in [3.8, 4) is 0 Å². The van der Waals surface area contributed by atoms with Crippen LogP contribution in [0.5, 0.6) is 0 Å². The molecule has 1 fully saturated rings.